The van der Waals surface area contributed by atoms with Crippen molar-refractivity contribution in [1.82, 2.24) is 0 Å². The number of fused-ring (bicyclic) bond motifs is 1. The average molecular weight is 273 g/mol. The van der Waals surface area contributed by atoms with Gasteiger partial charge in [-0.3, -0.25) is 0 Å². The third kappa shape index (κ3) is 2.79. The number of ether oxygens (including phenoxy) is 2. The normalized spacial score (nSPS) is 13.3. The van der Waals surface area contributed by atoms with Gasteiger partial charge in [-0.15, -0.1) is 11.8 Å². The van der Waals surface area contributed by atoms with E-state index in [1.807, 2.05) is 30.3 Å². The summed E-state index contributed by atoms with van der Waals surface area (Å²) >= 11 is 1.71. The van der Waals surface area contributed by atoms with Crippen LogP contribution in [-0.2, 0) is 5.75 Å². The number of anilines is 1. The maximum atomic E-state index is 6.05. The van der Waals surface area contributed by atoms with Crippen molar-refractivity contribution in [2.45, 2.75) is 10.6 Å². The molecule has 3 rings (SSSR count). The smallest absolute Gasteiger partial charge is 0.163 e. The molecule has 0 spiro atoms. The fourth-order valence-electron chi connectivity index (χ4n) is 1.95. The molecule has 2 aromatic carbocycles. The molecule has 0 amide bonds. The first-order valence-electron chi connectivity index (χ1n) is 6.19. The summed E-state index contributed by atoms with van der Waals surface area (Å²) in [5.74, 6) is 2.42. The monoisotopic (exact) mass is 273 g/mol. The van der Waals surface area contributed by atoms with Gasteiger partial charge >= 0.3 is 0 Å². The number of nitrogens with two attached hydrogens (primary N) is 1. The van der Waals surface area contributed by atoms with Crippen LogP contribution in [0.2, 0.25) is 0 Å². The highest BCUT2D eigenvalue weighted by Crippen LogP contribution is 2.39. The third-order valence-electron chi connectivity index (χ3n) is 2.91. The predicted octanol–water partition coefficient (Wildman–Crippen LogP) is 3.33. The molecule has 0 saturated heterocycles. The van der Waals surface area contributed by atoms with E-state index in [0.717, 1.165) is 27.8 Å². The van der Waals surface area contributed by atoms with Crippen molar-refractivity contribution in [2.24, 2.45) is 0 Å². The fourth-order valence-corrected chi connectivity index (χ4v) is 2.88. The van der Waals surface area contributed by atoms with Gasteiger partial charge in [0.25, 0.3) is 0 Å². The summed E-state index contributed by atoms with van der Waals surface area (Å²) in [6.45, 7) is 1.18. The zero-order valence-corrected chi connectivity index (χ0v) is 11.3. The van der Waals surface area contributed by atoms with Gasteiger partial charge in [0.05, 0.1) is 0 Å². The number of hydrogen-bond acceptors (Lipinski definition) is 4. The second kappa shape index (κ2) is 5.45. The molecule has 1 aliphatic heterocycles. The highest BCUT2D eigenvalue weighted by Gasteiger charge is 2.14. The SMILES string of the molecule is Nc1cc2c(cc1SCc1ccccc1)OCCO2. The lowest BCUT2D eigenvalue weighted by atomic mass is 10.2. The molecule has 0 unspecified atom stereocenters. The summed E-state index contributed by atoms with van der Waals surface area (Å²) in [6.07, 6.45) is 0. The van der Waals surface area contributed by atoms with Gasteiger partial charge in [0.2, 0.25) is 0 Å². The predicted molar refractivity (Wildman–Crippen MR) is 77.8 cm³/mol. The Morgan fingerprint density at radius 1 is 1.00 bits per heavy atom. The van der Waals surface area contributed by atoms with E-state index in [2.05, 4.69) is 12.1 Å². The van der Waals surface area contributed by atoms with E-state index in [0.29, 0.717) is 13.2 Å². The van der Waals surface area contributed by atoms with Gasteiger partial charge in [0.15, 0.2) is 11.5 Å². The average Bonchev–Trinajstić information content (AvgIpc) is 2.46. The van der Waals surface area contributed by atoms with E-state index in [-0.39, 0.29) is 0 Å². The van der Waals surface area contributed by atoms with Crippen molar-refractivity contribution >= 4 is 17.4 Å². The zero-order valence-electron chi connectivity index (χ0n) is 10.5. The first kappa shape index (κ1) is 12.2. The second-order valence-corrected chi connectivity index (χ2v) is 5.33. The molecule has 2 N–H and O–H groups in total. The van der Waals surface area contributed by atoms with Gasteiger partial charge < -0.3 is 15.2 Å². The van der Waals surface area contributed by atoms with Crippen LogP contribution in [0.1, 0.15) is 5.56 Å². The van der Waals surface area contributed by atoms with Gasteiger partial charge in [0.1, 0.15) is 13.2 Å². The van der Waals surface area contributed by atoms with Gasteiger partial charge in [-0.05, 0) is 11.6 Å². The summed E-state index contributed by atoms with van der Waals surface area (Å²) in [5, 5.41) is 0. The van der Waals surface area contributed by atoms with Gasteiger partial charge in [-0.2, -0.15) is 0 Å². The molecule has 3 nitrogen and oxygen atoms in total. The summed E-state index contributed by atoms with van der Waals surface area (Å²) in [4.78, 5) is 1.04. The van der Waals surface area contributed by atoms with E-state index in [1.165, 1.54) is 5.56 Å². The Morgan fingerprint density at radius 3 is 2.42 bits per heavy atom. The van der Waals surface area contributed by atoms with Crippen LogP contribution in [0.3, 0.4) is 0 Å². The molecular formula is C15H15NO2S. The van der Waals surface area contributed by atoms with E-state index in [1.54, 1.807) is 11.8 Å². The summed E-state index contributed by atoms with van der Waals surface area (Å²) in [6, 6.07) is 14.2. The van der Waals surface area contributed by atoms with Crippen LogP contribution in [0, 0.1) is 0 Å². The minimum atomic E-state index is 0.586. The minimum absolute atomic E-state index is 0.586. The van der Waals surface area contributed by atoms with Crippen LogP contribution in [0.4, 0.5) is 5.69 Å². The molecular weight excluding hydrogens is 258 g/mol. The van der Waals surface area contributed by atoms with Crippen LogP contribution in [0.15, 0.2) is 47.4 Å². The Balaban J connectivity index is 1.77. The quantitative estimate of drug-likeness (QED) is 0.688. The molecule has 2 aromatic rings. The van der Waals surface area contributed by atoms with Crippen molar-refractivity contribution in [2.75, 3.05) is 18.9 Å². The summed E-state index contributed by atoms with van der Waals surface area (Å²) in [5.41, 5.74) is 8.07. The lowest BCUT2D eigenvalue weighted by Gasteiger charge is -2.20. The standard InChI is InChI=1S/C15H15NO2S/c16-12-8-13-14(18-7-6-17-13)9-15(12)19-10-11-4-2-1-3-5-11/h1-5,8-9H,6-7,10,16H2. The molecule has 1 heterocycles. The van der Waals surface area contributed by atoms with Crippen LogP contribution < -0.4 is 15.2 Å². The lowest BCUT2D eigenvalue weighted by Crippen LogP contribution is -2.15. The largest absolute Gasteiger partial charge is 0.486 e. The third-order valence-corrected chi connectivity index (χ3v) is 4.05. The summed E-state index contributed by atoms with van der Waals surface area (Å²) in [7, 11) is 0. The first-order chi connectivity index (χ1) is 9.33. The van der Waals surface area contributed by atoms with Gasteiger partial charge in [-0.1, -0.05) is 30.3 Å². The number of thioether (sulfide) groups is 1. The first-order valence-corrected chi connectivity index (χ1v) is 7.17. The van der Waals surface area contributed by atoms with E-state index >= 15 is 0 Å². The zero-order chi connectivity index (χ0) is 13.1. The molecule has 4 heteroatoms. The Bertz CT molecular complexity index is 572. The molecule has 0 atom stereocenters. The molecule has 19 heavy (non-hydrogen) atoms. The molecule has 0 saturated carbocycles. The Kier molecular flexibility index (Phi) is 3.51. The van der Waals surface area contributed by atoms with Crippen molar-refractivity contribution in [1.29, 1.82) is 0 Å². The van der Waals surface area contributed by atoms with E-state index < -0.39 is 0 Å². The summed E-state index contributed by atoms with van der Waals surface area (Å²) < 4.78 is 11.1. The van der Waals surface area contributed by atoms with Gasteiger partial charge in [0, 0.05) is 22.4 Å². The number of hydrogen-bond donors (Lipinski definition) is 1. The van der Waals surface area contributed by atoms with Crippen LogP contribution in [0.5, 0.6) is 11.5 Å². The highest BCUT2D eigenvalue weighted by atomic mass is 32.2. The maximum absolute atomic E-state index is 6.05. The number of benzene rings is 2. The number of nitrogen functional groups attached to an aromatic ring is 1. The Hall–Kier alpha value is -1.81. The van der Waals surface area contributed by atoms with E-state index in [9.17, 15) is 0 Å². The molecule has 98 valence electrons. The number of rotatable bonds is 3. The van der Waals surface area contributed by atoms with Crippen molar-refractivity contribution in [3.05, 3.63) is 48.0 Å². The molecule has 0 aromatic heterocycles. The molecule has 0 fully saturated rings. The lowest BCUT2D eigenvalue weighted by molar-refractivity contribution is 0.171. The topological polar surface area (TPSA) is 44.5 Å². The fraction of sp³-hybridized carbons (Fsp3) is 0.200. The van der Waals surface area contributed by atoms with Crippen LogP contribution in [0.25, 0.3) is 0 Å². The minimum Gasteiger partial charge on any atom is -0.486 e. The Morgan fingerprint density at radius 2 is 1.68 bits per heavy atom. The van der Waals surface area contributed by atoms with Crippen LogP contribution in [-0.4, -0.2) is 13.2 Å². The highest BCUT2D eigenvalue weighted by molar-refractivity contribution is 7.98. The molecule has 0 bridgehead atoms. The van der Waals surface area contributed by atoms with Crippen molar-refractivity contribution in [3.63, 3.8) is 0 Å². The second-order valence-electron chi connectivity index (χ2n) is 4.31. The maximum Gasteiger partial charge on any atom is 0.163 e. The van der Waals surface area contributed by atoms with Crippen molar-refractivity contribution < 1.29 is 9.47 Å². The molecule has 0 radical (unpaired) electrons. The van der Waals surface area contributed by atoms with Crippen LogP contribution >= 0.6 is 11.8 Å². The molecule has 0 aliphatic carbocycles. The molecule has 1 aliphatic rings. The van der Waals surface area contributed by atoms with Gasteiger partial charge in [-0.25, -0.2) is 0 Å². The van der Waals surface area contributed by atoms with E-state index in [4.69, 9.17) is 15.2 Å². The Labute approximate surface area is 116 Å². The van der Waals surface area contributed by atoms with Crippen molar-refractivity contribution in [3.8, 4) is 11.5 Å².